The summed E-state index contributed by atoms with van der Waals surface area (Å²) in [4.78, 5) is 33.5. The zero-order valence-corrected chi connectivity index (χ0v) is 13.7. The Hall–Kier alpha value is -3.15. The molecular weight excluding hydrogens is 316 g/mol. The molecule has 3 heterocycles. The number of pyridine rings is 1. The van der Waals surface area contributed by atoms with Gasteiger partial charge in [0.2, 0.25) is 0 Å². The molecule has 6 nitrogen and oxygen atoms in total. The molecule has 0 radical (unpaired) electrons. The first kappa shape index (κ1) is 15.4. The van der Waals surface area contributed by atoms with Gasteiger partial charge < -0.3 is 9.80 Å². The zero-order chi connectivity index (χ0) is 17.2. The lowest BCUT2D eigenvalue weighted by Crippen LogP contribution is -2.49. The molecule has 4 rings (SSSR count). The molecule has 0 unspecified atom stereocenters. The number of fused-ring (bicyclic) bond motifs is 1. The summed E-state index contributed by atoms with van der Waals surface area (Å²) in [6.45, 7) is 2.67. The standard InChI is InChI=1S/C19H18N4O2/c24-18(16-14-20-17-8-4-5-9-23(17)19(16)25)22-12-10-21(11-13-22)15-6-2-1-3-7-15/h1-9,14H,10-13H2. The molecule has 1 saturated heterocycles. The van der Waals surface area contributed by atoms with Crippen molar-refractivity contribution in [2.75, 3.05) is 31.1 Å². The van der Waals surface area contributed by atoms with Crippen LogP contribution in [0.15, 0.2) is 65.7 Å². The molecule has 25 heavy (non-hydrogen) atoms. The molecule has 1 fully saturated rings. The maximum atomic E-state index is 12.8. The number of aromatic nitrogens is 2. The van der Waals surface area contributed by atoms with E-state index in [4.69, 9.17) is 0 Å². The molecule has 3 aromatic rings. The van der Waals surface area contributed by atoms with Crippen LogP contribution in [0.3, 0.4) is 0 Å². The van der Waals surface area contributed by atoms with Crippen LogP contribution in [0.5, 0.6) is 0 Å². The van der Waals surface area contributed by atoms with Crippen LogP contribution in [0.4, 0.5) is 5.69 Å². The highest BCUT2D eigenvalue weighted by molar-refractivity contribution is 5.94. The molecule has 126 valence electrons. The van der Waals surface area contributed by atoms with E-state index in [1.165, 1.54) is 10.6 Å². The monoisotopic (exact) mass is 334 g/mol. The van der Waals surface area contributed by atoms with Crippen molar-refractivity contribution in [3.8, 4) is 0 Å². The Bertz CT molecular complexity index is 960. The Balaban J connectivity index is 1.53. The van der Waals surface area contributed by atoms with Crippen LogP contribution < -0.4 is 10.5 Å². The Morgan fingerprint density at radius 3 is 2.40 bits per heavy atom. The lowest BCUT2D eigenvalue weighted by molar-refractivity contribution is 0.0744. The summed E-state index contributed by atoms with van der Waals surface area (Å²) >= 11 is 0. The van der Waals surface area contributed by atoms with Crippen LogP contribution in [0.1, 0.15) is 10.4 Å². The lowest BCUT2D eigenvalue weighted by atomic mass is 10.2. The Kier molecular flexibility index (Phi) is 3.93. The summed E-state index contributed by atoms with van der Waals surface area (Å²) in [5.74, 6) is -0.247. The Morgan fingerprint density at radius 1 is 0.920 bits per heavy atom. The first-order valence-electron chi connectivity index (χ1n) is 8.30. The van der Waals surface area contributed by atoms with Gasteiger partial charge in [0.05, 0.1) is 0 Å². The van der Waals surface area contributed by atoms with Gasteiger partial charge in [-0.15, -0.1) is 0 Å². The van der Waals surface area contributed by atoms with Gasteiger partial charge >= 0.3 is 0 Å². The molecule has 0 saturated carbocycles. The van der Waals surface area contributed by atoms with Crippen LogP contribution >= 0.6 is 0 Å². The number of nitrogens with zero attached hydrogens (tertiary/aromatic N) is 4. The van der Waals surface area contributed by atoms with Crippen LogP contribution in [-0.4, -0.2) is 46.4 Å². The van der Waals surface area contributed by atoms with E-state index in [0.717, 1.165) is 18.8 Å². The van der Waals surface area contributed by atoms with E-state index >= 15 is 0 Å². The van der Waals surface area contributed by atoms with Crippen molar-refractivity contribution in [1.29, 1.82) is 0 Å². The van der Waals surface area contributed by atoms with E-state index in [1.807, 2.05) is 24.3 Å². The Labute approximate surface area is 144 Å². The van der Waals surface area contributed by atoms with Crippen molar-refractivity contribution in [3.05, 3.63) is 76.8 Å². The third-order valence-corrected chi connectivity index (χ3v) is 4.53. The van der Waals surface area contributed by atoms with Crippen LogP contribution in [-0.2, 0) is 0 Å². The number of para-hydroxylation sites is 1. The smallest absolute Gasteiger partial charge is 0.270 e. The topological polar surface area (TPSA) is 57.9 Å². The van der Waals surface area contributed by atoms with Gasteiger partial charge in [0.1, 0.15) is 11.2 Å². The number of rotatable bonds is 2. The summed E-state index contributed by atoms with van der Waals surface area (Å²) in [5.41, 5.74) is 1.50. The second kappa shape index (κ2) is 6.39. The average Bonchev–Trinajstić information content (AvgIpc) is 2.69. The highest BCUT2D eigenvalue weighted by atomic mass is 16.2. The van der Waals surface area contributed by atoms with E-state index in [1.54, 1.807) is 23.2 Å². The number of benzene rings is 1. The number of hydrogen-bond acceptors (Lipinski definition) is 4. The van der Waals surface area contributed by atoms with Gasteiger partial charge in [0, 0.05) is 44.3 Å². The van der Waals surface area contributed by atoms with Crippen molar-refractivity contribution in [1.82, 2.24) is 14.3 Å². The Morgan fingerprint density at radius 2 is 1.64 bits per heavy atom. The van der Waals surface area contributed by atoms with E-state index in [0.29, 0.717) is 18.7 Å². The molecule has 0 spiro atoms. The van der Waals surface area contributed by atoms with Crippen molar-refractivity contribution in [2.45, 2.75) is 0 Å². The van der Waals surface area contributed by atoms with Gasteiger partial charge in [-0.25, -0.2) is 4.98 Å². The molecule has 0 atom stereocenters. The van der Waals surface area contributed by atoms with Crippen LogP contribution in [0, 0.1) is 0 Å². The predicted molar refractivity (Wildman–Crippen MR) is 96.0 cm³/mol. The molecule has 2 aromatic heterocycles. The summed E-state index contributed by atoms with van der Waals surface area (Å²) in [6.07, 6.45) is 3.03. The number of amides is 1. The summed E-state index contributed by atoms with van der Waals surface area (Å²) in [6, 6.07) is 15.4. The molecule has 0 aliphatic carbocycles. The van der Waals surface area contributed by atoms with Gasteiger partial charge in [-0.1, -0.05) is 24.3 Å². The average molecular weight is 334 g/mol. The third kappa shape index (κ3) is 2.87. The number of carbonyl (C=O) groups excluding carboxylic acids is 1. The fourth-order valence-corrected chi connectivity index (χ4v) is 3.15. The van der Waals surface area contributed by atoms with Crippen molar-refractivity contribution >= 4 is 17.2 Å². The minimum Gasteiger partial charge on any atom is -0.368 e. The van der Waals surface area contributed by atoms with E-state index in [9.17, 15) is 9.59 Å². The second-order valence-electron chi connectivity index (χ2n) is 6.02. The summed E-state index contributed by atoms with van der Waals surface area (Å²) in [7, 11) is 0. The highest BCUT2D eigenvalue weighted by Gasteiger charge is 2.24. The number of piperazine rings is 1. The van der Waals surface area contributed by atoms with Crippen molar-refractivity contribution in [3.63, 3.8) is 0 Å². The van der Waals surface area contributed by atoms with E-state index in [2.05, 4.69) is 22.0 Å². The summed E-state index contributed by atoms with van der Waals surface area (Å²) < 4.78 is 1.41. The largest absolute Gasteiger partial charge is 0.368 e. The minimum atomic E-state index is -0.318. The second-order valence-corrected chi connectivity index (χ2v) is 6.02. The third-order valence-electron chi connectivity index (χ3n) is 4.53. The quantitative estimate of drug-likeness (QED) is 0.715. The SMILES string of the molecule is O=C(c1cnc2ccccn2c1=O)N1CCN(c2ccccc2)CC1. The summed E-state index contributed by atoms with van der Waals surface area (Å²) in [5, 5.41) is 0. The van der Waals surface area contributed by atoms with Crippen molar-refractivity contribution < 1.29 is 4.79 Å². The predicted octanol–water partition coefficient (Wildman–Crippen LogP) is 1.66. The van der Waals surface area contributed by atoms with E-state index < -0.39 is 0 Å². The fraction of sp³-hybridized carbons (Fsp3) is 0.211. The highest BCUT2D eigenvalue weighted by Crippen LogP contribution is 2.16. The lowest BCUT2D eigenvalue weighted by Gasteiger charge is -2.36. The maximum absolute atomic E-state index is 12.8. The first-order valence-corrected chi connectivity index (χ1v) is 8.30. The molecular formula is C19H18N4O2. The number of anilines is 1. The molecule has 1 aliphatic rings. The molecule has 0 bridgehead atoms. The minimum absolute atomic E-state index is 0.122. The maximum Gasteiger partial charge on any atom is 0.270 e. The van der Waals surface area contributed by atoms with Gasteiger partial charge in [-0.05, 0) is 24.3 Å². The zero-order valence-electron chi connectivity index (χ0n) is 13.7. The molecule has 6 heteroatoms. The molecule has 1 amide bonds. The van der Waals surface area contributed by atoms with Crippen LogP contribution in [0.25, 0.3) is 5.65 Å². The van der Waals surface area contributed by atoms with Gasteiger partial charge in [-0.2, -0.15) is 0 Å². The normalized spacial score (nSPS) is 14.7. The van der Waals surface area contributed by atoms with Crippen LogP contribution in [0.2, 0.25) is 0 Å². The van der Waals surface area contributed by atoms with Gasteiger partial charge in [0.15, 0.2) is 0 Å². The number of hydrogen-bond donors (Lipinski definition) is 0. The fourth-order valence-electron chi connectivity index (χ4n) is 3.15. The molecule has 1 aromatic carbocycles. The molecule has 0 N–H and O–H groups in total. The molecule has 1 aliphatic heterocycles. The van der Waals surface area contributed by atoms with E-state index in [-0.39, 0.29) is 17.0 Å². The van der Waals surface area contributed by atoms with Crippen molar-refractivity contribution in [2.24, 2.45) is 0 Å². The first-order chi connectivity index (χ1) is 12.2. The van der Waals surface area contributed by atoms with Gasteiger partial charge in [0.25, 0.3) is 11.5 Å². The number of carbonyl (C=O) groups is 1. The van der Waals surface area contributed by atoms with Gasteiger partial charge in [-0.3, -0.25) is 14.0 Å².